The van der Waals surface area contributed by atoms with E-state index >= 15 is 0 Å². The number of hydrogen-bond acceptors (Lipinski definition) is 2. The smallest absolute Gasteiger partial charge is 0.399 e. The molecule has 0 aromatic heterocycles. The molecule has 2 nitrogen and oxygen atoms in total. The number of hydrogen-bond donors (Lipinski definition) is 0. The second kappa shape index (κ2) is 4.30. The predicted octanol–water partition coefficient (Wildman–Crippen LogP) is 2.66. The van der Waals surface area contributed by atoms with Gasteiger partial charge in [0.25, 0.3) is 0 Å². The van der Waals surface area contributed by atoms with Crippen LogP contribution in [0, 0.1) is 0 Å². The highest BCUT2D eigenvalue weighted by Gasteiger charge is 2.32. The van der Waals surface area contributed by atoms with E-state index in [4.69, 9.17) is 0 Å². The van der Waals surface area contributed by atoms with E-state index in [0.29, 0.717) is 0 Å². The topological polar surface area (TPSA) is 26.3 Å². The van der Waals surface area contributed by atoms with Crippen LogP contribution in [0.3, 0.4) is 0 Å². The average molecular weight is 263 g/mol. The Morgan fingerprint density at radius 1 is 1.38 bits per heavy atom. The summed E-state index contributed by atoms with van der Waals surface area (Å²) in [5, 5.41) is 0. The number of halogens is 4. The van der Waals surface area contributed by atoms with E-state index in [-0.39, 0.29) is 6.61 Å². The minimum atomic E-state index is -4.49. The predicted molar refractivity (Wildman–Crippen MR) is 44.6 cm³/mol. The summed E-state index contributed by atoms with van der Waals surface area (Å²) in [4.78, 5) is 10.5. The molecule has 0 aliphatic carbocycles. The Labute approximate surface area is 82.6 Å². The van der Waals surface area contributed by atoms with Crippen molar-refractivity contribution in [3.05, 3.63) is 0 Å². The zero-order chi connectivity index (χ0) is 10.7. The molecule has 0 saturated heterocycles. The van der Waals surface area contributed by atoms with Crippen LogP contribution < -0.4 is 0 Å². The molecule has 13 heavy (non-hydrogen) atoms. The molecule has 0 amide bonds. The van der Waals surface area contributed by atoms with Crippen molar-refractivity contribution < 1.29 is 22.7 Å². The minimum absolute atomic E-state index is 0.0814. The maximum absolute atomic E-state index is 11.6. The van der Waals surface area contributed by atoms with Crippen molar-refractivity contribution in [1.82, 2.24) is 0 Å². The van der Waals surface area contributed by atoms with Crippen LogP contribution >= 0.6 is 15.9 Å². The van der Waals surface area contributed by atoms with Gasteiger partial charge in [-0.15, -0.1) is 0 Å². The Balaban J connectivity index is 3.78. The maximum Gasteiger partial charge on any atom is 0.399 e. The SMILES string of the molecule is CC(C)(Br)COC(=O)CC(F)(F)F. The summed E-state index contributed by atoms with van der Waals surface area (Å²) >= 11 is 3.13. The molecule has 0 bridgehead atoms. The third-order valence-corrected chi connectivity index (χ3v) is 1.15. The van der Waals surface area contributed by atoms with E-state index in [0.717, 1.165) is 0 Å². The number of carbonyl (C=O) groups excluding carboxylic acids is 1. The lowest BCUT2D eigenvalue weighted by Crippen LogP contribution is -2.24. The fourth-order valence-corrected chi connectivity index (χ4v) is 0.581. The maximum atomic E-state index is 11.6. The van der Waals surface area contributed by atoms with Crippen LogP contribution in [0.5, 0.6) is 0 Å². The van der Waals surface area contributed by atoms with Crippen LogP contribution in [0.15, 0.2) is 0 Å². The largest absolute Gasteiger partial charge is 0.464 e. The van der Waals surface area contributed by atoms with Gasteiger partial charge in [-0.1, -0.05) is 15.9 Å². The van der Waals surface area contributed by atoms with Crippen molar-refractivity contribution in [2.24, 2.45) is 0 Å². The summed E-state index contributed by atoms with van der Waals surface area (Å²) in [7, 11) is 0. The van der Waals surface area contributed by atoms with Gasteiger partial charge in [0.05, 0.1) is 4.32 Å². The molecule has 6 heteroatoms. The third kappa shape index (κ3) is 9.66. The molecule has 0 fully saturated rings. The summed E-state index contributed by atoms with van der Waals surface area (Å²) in [5.74, 6) is -1.25. The Morgan fingerprint density at radius 2 is 1.85 bits per heavy atom. The Kier molecular flexibility index (Phi) is 4.22. The molecular weight excluding hydrogens is 253 g/mol. The molecule has 0 rings (SSSR count). The lowest BCUT2D eigenvalue weighted by atomic mass is 10.2. The van der Waals surface area contributed by atoms with Crippen LogP contribution in [0.25, 0.3) is 0 Å². The van der Waals surface area contributed by atoms with Gasteiger partial charge in [0.1, 0.15) is 13.0 Å². The number of carbonyl (C=O) groups is 1. The summed E-state index contributed by atoms with van der Waals surface area (Å²) < 4.78 is 38.7. The van der Waals surface area contributed by atoms with Crippen molar-refractivity contribution in [1.29, 1.82) is 0 Å². The monoisotopic (exact) mass is 262 g/mol. The van der Waals surface area contributed by atoms with Crippen molar-refractivity contribution >= 4 is 21.9 Å². The lowest BCUT2D eigenvalue weighted by Gasteiger charge is -2.16. The highest BCUT2D eigenvalue weighted by molar-refractivity contribution is 9.10. The molecule has 0 aromatic rings. The van der Waals surface area contributed by atoms with Gasteiger partial charge < -0.3 is 4.74 Å². The lowest BCUT2D eigenvalue weighted by molar-refractivity contribution is -0.171. The molecular formula is C7H10BrF3O2. The second-order valence-electron chi connectivity index (χ2n) is 3.17. The molecule has 0 aromatic carbocycles. The molecule has 0 saturated carbocycles. The van der Waals surface area contributed by atoms with Gasteiger partial charge in [0.15, 0.2) is 0 Å². The van der Waals surface area contributed by atoms with Crippen LogP contribution in [-0.4, -0.2) is 23.1 Å². The summed E-state index contributed by atoms with van der Waals surface area (Å²) in [6.07, 6.45) is -6.02. The molecule has 0 aliphatic rings. The Morgan fingerprint density at radius 3 is 2.15 bits per heavy atom. The highest BCUT2D eigenvalue weighted by Crippen LogP contribution is 2.21. The number of esters is 1. The molecule has 0 radical (unpaired) electrons. The quantitative estimate of drug-likeness (QED) is 0.578. The van der Waals surface area contributed by atoms with E-state index in [1.807, 2.05) is 0 Å². The number of alkyl halides is 4. The third-order valence-electron chi connectivity index (χ3n) is 0.921. The zero-order valence-electron chi connectivity index (χ0n) is 7.24. The van der Waals surface area contributed by atoms with Crippen LogP contribution in [0.1, 0.15) is 20.3 Å². The van der Waals surface area contributed by atoms with E-state index in [1.54, 1.807) is 13.8 Å². The van der Waals surface area contributed by atoms with Crippen molar-refractivity contribution in [2.45, 2.75) is 30.8 Å². The molecule has 0 atom stereocenters. The average Bonchev–Trinajstić information content (AvgIpc) is 1.78. The summed E-state index contributed by atoms with van der Waals surface area (Å²) in [6.45, 7) is 3.30. The first-order chi connectivity index (χ1) is 5.60. The summed E-state index contributed by atoms with van der Waals surface area (Å²) in [6, 6.07) is 0. The molecule has 0 aliphatic heterocycles. The Bertz CT molecular complexity index is 183. The minimum Gasteiger partial charge on any atom is -0.464 e. The van der Waals surface area contributed by atoms with Gasteiger partial charge >= 0.3 is 12.1 Å². The summed E-state index contributed by atoms with van der Waals surface area (Å²) in [5.41, 5.74) is 0. The van der Waals surface area contributed by atoms with Gasteiger partial charge in [0.2, 0.25) is 0 Å². The molecule has 0 N–H and O–H groups in total. The second-order valence-corrected chi connectivity index (χ2v) is 5.32. The van der Waals surface area contributed by atoms with Crippen LogP contribution in [0.2, 0.25) is 0 Å². The molecule has 0 unspecified atom stereocenters. The number of ether oxygens (including phenoxy) is 1. The van der Waals surface area contributed by atoms with E-state index in [9.17, 15) is 18.0 Å². The Hall–Kier alpha value is -0.260. The fourth-order valence-electron chi connectivity index (χ4n) is 0.467. The van der Waals surface area contributed by atoms with E-state index < -0.39 is 22.9 Å². The van der Waals surface area contributed by atoms with Gasteiger partial charge in [-0.25, -0.2) is 0 Å². The van der Waals surface area contributed by atoms with Crippen molar-refractivity contribution in [3.8, 4) is 0 Å². The first-order valence-electron chi connectivity index (χ1n) is 3.51. The first kappa shape index (κ1) is 12.7. The molecule has 78 valence electrons. The van der Waals surface area contributed by atoms with Crippen molar-refractivity contribution in [2.75, 3.05) is 6.61 Å². The normalized spacial score (nSPS) is 12.8. The van der Waals surface area contributed by atoms with Gasteiger partial charge in [-0.3, -0.25) is 4.79 Å². The molecule has 0 spiro atoms. The first-order valence-corrected chi connectivity index (χ1v) is 4.31. The van der Waals surface area contributed by atoms with E-state index in [2.05, 4.69) is 20.7 Å². The zero-order valence-corrected chi connectivity index (χ0v) is 8.83. The fraction of sp³-hybridized carbons (Fsp3) is 0.857. The van der Waals surface area contributed by atoms with Crippen LogP contribution in [0.4, 0.5) is 13.2 Å². The van der Waals surface area contributed by atoms with Crippen molar-refractivity contribution in [3.63, 3.8) is 0 Å². The van der Waals surface area contributed by atoms with Gasteiger partial charge in [0, 0.05) is 0 Å². The number of rotatable bonds is 3. The van der Waals surface area contributed by atoms with E-state index in [1.165, 1.54) is 0 Å². The van der Waals surface area contributed by atoms with Crippen LogP contribution in [-0.2, 0) is 9.53 Å². The standard InChI is InChI=1S/C7H10BrF3O2/c1-6(2,8)4-13-5(12)3-7(9,10)11/h3-4H2,1-2H3. The highest BCUT2D eigenvalue weighted by atomic mass is 79.9. The van der Waals surface area contributed by atoms with Gasteiger partial charge in [-0.2, -0.15) is 13.2 Å². The molecule has 0 heterocycles. The van der Waals surface area contributed by atoms with Gasteiger partial charge in [-0.05, 0) is 13.8 Å².